The van der Waals surface area contributed by atoms with Gasteiger partial charge in [0, 0.05) is 31.9 Å². The average molecular weight is 314 g/mol. The van der Waals surface area contributed by atoms with Crippen LogP contribution in [0.5, 0.6) is 0 Å². The fraction of sp³-hybridized carbons (Fsp3) is 0.353. The van der Waals surface area contributed by atoms with Gasteiger partial charge in [0.25, 0.3) is 0 Å². The Kier molecular flexibility index (Phi) is 6.35. The molecule has 6 nitrogen and oxygen atoms in total. The van der Waals surface area contributed by atoms with Crippen molar-refractivity contribution >= 4 is 11.8 Å². The molecule has 6 heteroatoms. The summed E-state index contributed by atoms with van der Waals surface area (Å²) in [5.74, 6) is -0.337. The van der Waals surface area contributed by atoms with Crippen LogP contribution < -0.4 is 10.6 Å². The molecule has 2 rings (SSSR count). The van der Waals surface area contributed by atoms with E-state index < -0.39 is 6.04 Å². The van der Waals surface area contributed by atoms with E-state index in [0.29, 0.717) is 13.0 Å². The largest absolute Gasteiger partial charge is 0.354 e. The lowest BCUT2D eigenvalue weighted by atomic mass is 10.1. The predicted molar refractivity (Wildman–Crippen MR) is 87.5 cm³/mol. The zero-order valence-electron chi connectivity index (χ0n) is 13.2. The van der Waals surface area contributed by atoms with Crippen LogP contribution in [-0.2, 0) is 16.1 Å². The van der Waals surface area contributed by atoms with Gasteiger partial charge < -0.3 is 15.2 Å². The number of hydrogen-bond donors (Lipinski definition) is 2. The summed E-state index contributed by atoms with van der Waals surface area (Å²) in [4.78, 5) is 28.1. The van der Waals surface area contributed by atoms with E-state index >= 15 is 0 Å². The fourth-order valence-corrected chi connectivity index (χ4v) is 2.20. The third-order valence-corrected chi connectivity index (χ3v) is 3.47. The first-order chi connectivity index (χ1) is 11.2. The first-order valence-electron chi connectivity index (χ1n) is 7.78. The first-order valence-corrected chi connectivity index (χ1v) is 7.78. The highest BCUT2D eigenvalue weighted by molar-refractivity contribution is 5.88. The van der Waals surface area contributed by atoms with Crippen molar-refractivity contribution in [3.8, 4) is 0 Å². The lowest BCUT2D eigenvalue weighted by molar-refractivity contribution is -0.129. The van der Waals surface area contributed by atoms with Gasteiger partial charge in [0.05, 0.1) is 6.33 Å². The molecule has 0 spiro atoms. The molecular formula is C17H22N4O2. The van der Waals surface area contributed by atoms with Crippen molar-refractivity contribution in [2.45, 2.75) is 32.4 Å². The Balaban J connectivity index is 1.89. The predicted octanol–water partition coefficient (Wildman–Crippen LogP) is 1.66. The van der Waals surface area contributed by atoms with Gasteiger partial charge in [-0.25, -0.2) is 4.98 Å². The van der Waals surface area contributed by atoms with Gasteiger partial charge in [0.2, 0.25) is 11.8 Å². The van der Waals surface area contributed by atoms with Crippen LogP contribution in [-0.4, -0.2) is 27.9 Å². The zero-order chi connectivity index (χ0) is 16.5. The van der Waals surface area contributed by atoms with E-state index in [1.165, 1.54) is 0 Å². The molecule has 0 fully saturated rings. The van der Waals surface area contributed by atoms with E-state index in [1.807, 2.05) is 41.1 Å². The Morgan fingerprint density at radius 3 is 2.70 bits per heavy atom. The van der Waals surface area contributed by atoms with Gasteiger partial charge in [-0.3, -0.25) is 9.59 Å². The topological polar surface area (TPSA) is 76.0 Å². The van der Waals surface area contributed by atoms with Crippen molar-refractivity contribution in [2.75, 3.05) is 6.54 Å². The summed E-state index contributed by atoms with van der Waals surface area (Å²) in [5.41, 5.74) is 0.779. The molecule has 0 bridgehead atoms. The Morgan fingerprint density at radius 1 is 1.26 bits per heavy atom. The highest BCUT2D eigenvalue weighted by Crippen LogP contribution is 2.13. The first kappa shape index (κ1) is 16.7. The van der Waals surface area contributed by atoms with Crippen molar-refractivity contribution in [1.29, 1.82) is 0 Å². The van der Waals surface area contributed by atoms with Gasteiger partial charge in [-0.2, -0.15) is 0 Å². The summed E-state index contributed by atoms with van der Waals surface area (Å²) in [7, 11) is 0. The Labute approximate surface area is 135 Å². The van der Waals surface area contributed by atoms with E-state index in [2.05, 4.69) is 15.6 Å². The fourth-order valence-electron chi connectivity index (χ4n) is 2.20. The Bertz CT molecular complexity index is 611. The lowest BCUT2D eigenvalue weighted by Gasteiger charge is -2.18. The SMILES string of the molecule is CCC(=O)N[C@@H](C(=O)NCCCn1ccnc1)c1ccccc1. The number of benzene rings is 1. The van der Waals surface area contributed by atoms with Gasteiger partial charge in [-0.15, -0.1) is 0 Å². The van der Waals surface area contributed by atoms with Crippen molar-refractivity contribution in [1.82, 2.24) is 20.2 Å². The minimum Gasteiger partial charge on any atom is -0.354 e. The molecule has 0 saturated heterocycles. The van der Waals surface area contributed by atoms with Gasteiger partial charge in [0.1, 0.15) is 6.04 Å². The Hall–Kier alpha value is -2.63. The number of aromatic nitrogens is 2. The molecule has 0 saturated carbocycles. The van der Waals surface area contributed by atoms with Crippen LogP contribution in [0.4, 0.5) is 0 Å². The van der Waals surface area contributed by atoms with Crippen LogP contribution in [0.15, 0.2) is 49.1 Å². The van der Waals surface area contributed by atoms with Crippen molar-refractivity contribution in [3.63, 3.8) is 0 Å². The normalized spacial score (nSPS) is 11.7. The summed E-state index contributed by atoms with van der Waals surface area (Å²) in [6, 6.07) is 8.61. The van der Waals surface area contributed by atoms with E-state index in [-0.39, 0.29) is 11.8 Å². The number of rotatable bonds is 8. The van der Waals surface area contributed by atoms with Crippen LogP contribution in [0.1, 0.15) is 31.4 Å². The van der Waals surface area contributed by atoms with Gasteiger partial charge in [-0.05, 0) is 12.0 Å². The Morgan fingerprint density at radius 2 is 2.04 bits per heavy atom. The minimum atomic E-state index is -0.656. The second-order valence-electron chi connectivity index (χ2n) is 5.21. The molecule has 2 N–H and O–H groups in total. The molecule has 122 valence electrons. The molecule has 2 aromatic rings. The summed E-state index contributed by atoms with van der Waals surface area (Å²) in [5, 5.41) is 5.66. The quantitative estimate of drug-likeness (QED) is 0.728. The lowest BCUT2D eigenvalue weighted by Crippen LogP contribution is -2.40. The third kappa shape index (κ3) is 5.25. The molecular weight excluding hydrogens is 292 g/mol. The number of imidazole rings is 1. The van der Waals surface area contributed by atoms with Crippen LogP contribution in [0.2, 0.25) is 0 Å². The third-order valence-electron chi connectivity index (χ3n) is 3.47. The van der Waals surface area contributed by atoms with Crippen LogP contribution >= 0.6 is 0 Å². The summed E-state index contributed by atoms with van der Waals surface area (Å²) < 4.78 is 1.96. The standard InChI is InChI=1S/C17H22N4O2/c1-2-15(22)20-16(14-7-4-3-5-8-14)17(23)19-9-6-11-21-12-10-18-13-21/h3-5,7-8,10,12-13,16H,2,6,9,11H2,1H3,(H,19,23)(H,20,22)/t16-/m1/s1. The summed E-state index contributed by atoms with van der Waals surface area (Å²) >= 11 is 0. The maximum absolute atomic E-state index is 12.4. The molecule has 1 aromatic heterocycles. The molecule has 1 atom stereocenters. The minimum absolute atomic E-state index is 0.146. The van der Waals surface area contributed by atoms with Gasteiger partial charge in [-0.1, -0.05) is 37.3 Å². The van der Waals surface area contributed by atoms with E-state index in [4.69, 9.17) is 0 Å². The number of aryl methyl sites for hydroxylation is 1. The molecule has 0 aliphatic heterocycles. The van der Waals surface area contributed by atoms with Crippen molar-refractivity contribution in [3.05, 3.63) is 54.6 Å². The van der Waals surface area contributed by atoms with Crippen LogP contribution in [0.25, 0.3) is 0 Å². The zero-order valence-corrected chi connectivity index (χ0v) is 13.2. The number of carbonyl (C=O) groups excluding carboxylic acids is 2. The molecule has 23 heavy (non-hydrogen) atoms. The molecule has 1 heterocycles. The smallest absolute Gasteiger partial charge is 0.247 e. The highest BCUT2D eigenvalue weighted by Gasteiger charge is 2.21. The molecule has 0 radical (unpaired) electrons. The number of hydrogen-bond acceptors (Lipinski definition) is 3. The van der Waals surface area contributed by atoms with E-state index in [0.717, 1.165) is 18.5 Å². The van der Waals surface area contributed by atoms with E-state index in [1.54, 1.807) is 19.4 Å². The molecule has 1 aromatic carbocycles. The molecule has 0 aliphatic rings. The maximum atomic E-state index is 12.4. The summed E-state index contributed by atoms with van der Waals surface area (Å²) in [6.45, 7) is 3.10. The van der Waals surface area contributed by atoms with Gasteiger partial charge >= 0.3 is 0 Å². The summed E-state index contributed by atoms with van der Waals surface area (Å²) in [6.07, 6.45) is 6.50. The number of nitrogens with one attached hydrogen (secondary N) is 2. The van der Waals surface area contributed by atoms with Crippen LogP contribution in [0.3, 0.4) is 0 Å². The second-order valence-corrected chi connectivity index (χ2v) is 5.21. The monoisotopic (exact) mass is 314 g/mol. The maximum Gasteiger partial charge on any atom is 0.247 e. The van der Waals surface area contributed by atoms with E-state index in [9.17, 15) is 9.59 Å². The number of nitrogens with zero attached hydrogens (tertiary/aromatic N) is 2. The number of amides is 2. The average Bonchev–Trinajstić information content (AvgIpc) is 3.10. The molecule has 2 amide bonds. The molecule has 0 unspecified atom stereocenters. The number of carbonyl (C=O) groups is 2. The highest BCUT2D eigenvalue weighted by atomic mass is 16.2. The van der Waals surface area contributed by atoms with Gasteiger partial charge in [0.15, 0.2) is 0 Å². The van der Waals surface area contributed by atoms with Crippen molar-refractivity contribution < 1.29 is 9.59 Å². The van der Waals surface area contributed by atoms with Crippen LogP contribution in [0, 0.1) is 0 Å². The van der Waals surface area contributed by atoms with Crippen molar-refractivity contribution in [2.24, 2.45) is 0 Å². The molecule has 0 aliphatic carbocycles. The second kappa shape index (κ2) is 8.73.